The predicted octanol–water partition coefficient (Wildman–Crippen LogP) is 4.71. The Labute approximate surface area is 224 Å². The van der Waals surface area contributed by atoms with Crippen LogP contribution in [0.3, 0.4) is 0 Å². The maximum Gasteiger partial charge on any atom is 0.248 e. The standard InChI is InChI=1S/C27H28F2N8O2/c1-36(2)9-5-6-25(38)32-19-7-8-23(29)24(13-19)34-26-22(17-10-18(28)12-21(11-17)39-4)15-30-27(35-26)33-20-14-31-37(3)16-20/h5-8,10-16H,9H2,1-4H3,(H,32,38)(H2,30,33,34,35)/b6-5+. The van der Waals surface area contributed by atoms with Crippen molar-refractivity contribution in [2.75, 3.05) is 43.7 Å². The van der Waals surface area contributed by atoms with Gasteiger partial charge in [-0.05, 0) is 50.0 Å². The van der Waals surface area contributed by atoms with Crippen molar-refractivity contribution in [1.29, 1.82) is 0 Å². The number of likely N-dealkylation sites (N-methyl/N-ethyl adjacent to an activating group) is 1. The fourth-order valence-corrected chi connectivity index (χ4v) is 3.58. The van der Waals surface area contributed by atoms with E-state index in [1.54, 1.807) is 36.3 Å². The topological polar surface area (TPSA) is 109 Å². The van der Waals surface area contributed by atoms with E-state index in [2.05, 4.69) is 31.0 Å². The van der Waals surface area contributed by atoms with E-state index in [4.69, 9.17) is 4.74 Å². The Balaban J connectivity index is 1.68. The second-order valence-electron chi connectivity index (χ2n) is 8.84. The molecule has 10 nitrogen and oxygen atoms in total. The summed E-state index contributed by atoms with van der Waals surface area (Å²) in [6, 6.07) is 8.28. The third kappa shape index (κ3) is 7.36. The Morgan fingerprint density at radius 3 is 2.64 bits per heavy atom. The number of ether oxygens (including phenoxy) is 1. The summed E-state index contributed by atoms with van der Waals surface area (Å²) in [6.45, 7) is 0.598. The van der Waals surface area contributed by atoms with Gasteiger partial charge in [0.15, 0.2) is 0 Å². The molecular formula is C27H28F2N8O2. The number of benzene rings is 2. The lowest BCUT2D eigenvalue weighted by Gasteiger charge is -2.15. The van der Waals surface area contributed by atoms with Crippen LogP contribution in [-0.2, 0) is 11.8 Å². The smallest absolute Gasteiger partial charge is 0.248 e. The van der Waals surface area contributed by atoms with Gasteiger partial charge >= 0.3 is 0 Å². The fourth-order valence-electron chi connectivity index (χ4n) is 3.58. The van der Waals surface area contributed by atoms with Crippen molar-refractivity contribution in [3.63, 3.8) is 0 Å². The Morgan fingerprint density at radius 1 is 1.10 bits per heavy atom. The van der Waals surface area contributed by atoms with Crippen LogP contribution in [0.25, 0.3) is 11.1 Å². The van der Waals surface area contributed by atoms with E-state index in [1.807, 2.05) is 19.0 Å². The zero-order valence-electron chi connectivity index (χ0n) is 21.9. The first-order valence-corrected chi connectivity index (χ1v) is 11.9. The highest BCUT2D eigenvalue weighted by atomic mass is 19.1. The van der Waals surface area contributed by atoms with Crippen LogP contribution < -0.4 is 20.7 Å². The molecule has 1 amide bonds. The average molecular weight is 535 g/mol. The van der Waals surface area contributed by atoms with Gasteiger partial charge in [-0.25, -0.2) is 13.8 Å². The van der Waals surface area contributed by atoms with E-state index < -0.39 is 11.6 Å². The van der Waals surface area contributed by atoms with Crippen LogP contribution in [-0.4, -0.2) is 58.3 Å². The first-order valence-electron chi connectivity index (χ1n) is 11.9. The van der Waals surface area contributed by atoms with Crippen molar-refractivity contribution in [1.82, 2.24) is 24.6 Å². The third-order valence-electron chi connectivity index (χ3n) is 5.39. The largest absolute Gasteiger partial charge is 0.497 e. The highest BCUT2D eigenvalue weighted by Gasteiger charge is 2.15. The van der Waals surface area contributed by atoms with Gasteiger partial charge in [0.2, 0.25) is 11.9 Å². The van der Waals surface area contributed by atoms with Gasteiger partial charge in [0.25, 0.3) is 0 Å². The number of hydrogen-bond donors (Lipinski definition) is 3. The second-order valence-corrected chi connectivity index (χ2v) is 8.84. The molecule has 0 saturated carbocycles. The molecule has 39 heavy (non-hydrogen) atoms. The van der Waals surface area contributed by atoms with Gasteiger partial charge in [-0.15, -0.1) is 0 Å². The highest BCUT2D eigenvalue weighted by Crippen LogP contribution is 2.33. The van der Waals surface area contributed by atoms with Crippen LogP contribution >= 0.6 is 0 Å². The average Bonchev–Trinajstić information content (AvgIpc) is 3.29. The number of carbonyl (C=O) groups is 1. The van der Waals surface area contributed by atoms with Crippen LogP contribution in [0.2, 0.25) is 0 Å². The van der Waals surface area contributed by atoms with Gasteiger partial charge in [-0.1, -0.05) is 6.08 Å². The molecule has 2 aromatic carbocycles. The molecule has 0 unspecified atom stereocenters. The number of nitrogens with zero attached hydrogens (tertiary/aromatic N) is 5. The fraction of sp³-hybridized carbons (Fsp3) is 0.185. The molecule has 3 N–H and O–H groups in total. The summed E-state index contributed by atoms with van der Waals surface area (Å²) >= 11 is 0. The summed E-state index contributed by atoms with van der Waals surface area (Å²) in [7, 11) is 6.98. The molecule has 12 heteroatoms. The van der Waals surface area contributed by atoms with E-state index in [-0.39, 0.29) is 23.4 Å². The zero-order valence-corrected chi connectivity index (χ0v) is 21.9. The van der Waals surface area contributed by atoms with Crippen molar-refractivity contribution in [2.24, 2.45) is 7.05 Å². The van der Waals surface area contributed by atoms with E-state index in [0.29, 0.717) is 34.8 Å². The molecule has 0 atom stereocenters. The molecule has 0 spiro atoms. The molecular weight excluding hydrogens is 506 g/mol. The summed E-state index contributed by atoms with van der Waals surface area (Å²) < 4.78 is 36.0. The number of carbonyl (C=O) groups excluding carboxylic acids is 1. The summed E-state index contributed by atoms with van der Waals surface area (Å²) in [5.74, 6) is -0.769. The van der Waals surface area contributed by atoms with E-state index in [0.717, 1.165) is 0 Å². The first-order chi connectivity index (χ1) is 18.7. The van der Waals surface area contributed by atoms with Gasteiger partial charge in [-0.2, -0.15) is 10.1 Å². The van der Waals surface area contributed by atoms with Crippen molar-refractivity contribution < 1.29 is 18.3 Å². The molecule has 4 aromatic rings. The molecule has 0 fully saturated rings. The summed E-state index contributed by atoms with van der Waals surface area (Å²) in [4.78, 5) is 23.1. The van der Waals surface area contributed by atoms with Crippen molar-refractivity contribution in [3.8, 4) is 16.9 Å². The maximum absolute atomic E-state index is 14.9. The number of aryl methyl sites for hydroxylation is 1. The molecule has 0 aliphatic carbocycles. The molecule has 0 aliphatic heterocycles. The number of halogens is 2. The molecule has 0 aliphatic rings. The molecule has 0 saturated heterocycles. The third-order valence-corrected chi connectivity index (χ3v) is 5.39. The minimum atomic E-state index is -0.584. The lowest BCUT2D eigenvalue weighted by molar-refractivity contribution is -0.111. The van der Waals surface area contributed by atoms with Crippen LogP contribution in [0.15, 0.2) is 67.1 Å². The predicted molar refractivity (Wildman–Crippen MR) is 146 cm³/mol. The lowest BCUT2D eigenvalue weighted by atomic mass is 10.1. The first kappa shape index (κ1) is 27.2. The molecule has 2 aromatic heterocycles. The van der Waals surface area contributed by atoms with Crippen molar-refractivity contribution in [2.45, 2.75) is 0 Å². The molecule has 4 rings (SSSR count). The monoisotopic (exact) mass is 534 g/mol. The van der Waals surface area contributed by atoms with Crippen molar-refractivity contribution >= 4 is 34.7 Å². The number of nitrogens with one attached hydrogen (secondary N) is 3. The van der Waals surface area contributed by atoms with Gasteiger partial charge in [0.05, 0.1) is 24.7 Å². The Kier molecular flexibility index (Phi) is 8.46. The SMILES string of the molecule is COc1cc(F)cc(-c2cnc(Nc3cnn(C)c3)nc2Nc2cc(NC(=O)/C=C/CN(C)C)ccc2F)c1. The Hall–Kier alpha value is -4.84. The normalized spacial score (nSPS) is 11.2. The second kappa shape index (κ2) is 12.1. The van der Waals surface area contributed by atoms with Crippen LogP contribution in [0.1, 0.15) is 0 Å². The van der Waals surface area contributed by atoms with Crippen molar-refractivity contribution in [3.05, 3.63) is 78.8 Å². The number of methoxy groups -OCH3 is 1. The number of amides is 1. The zero-order chi connectivity index (χ0) is 27.9. The quantitative estimate of drug-likeness (QED) is 0.251. The van der Waals surface area contributed by atoms with Gasteiger partial charge < -0.3 is 25.6 Å². The maximum atomic E-state index is 14.9. The van der Waals surface area contributed by atoms with Crippen LogP contribution in [0.5, 0.6) is 5.75 Å². The Morgan fingerprint density at radius 2 is 1.92 bits per heavy atom. The summed E-state index contributed by atoms with van der Waals surface area (Å²) in [6.07, 6.45) is 7.95. The van der Waals surface area contributed by atoms with E-state index in [9.17, 15) is 13.6 Å². The van der Waals surface area contributed by atoms with Crippen LogP contribution in [0.4, 0.5) is 37.6 Å². The molecule has 2 heterocycles. The number of rotatable bonds is 10. The molecule has 0 bridgehead atoms. The molecule has 202 valence electrons. The number of anilines is 5. The number of hydrogen-bond acceptors (Lipinski definition) is 8. The van der Waals surface area contributed by atoms with Gasteiger partial charge in [0.1, 0.15) is 23.2 Å². The van der Waals surface area contributed by atoms with E-state index in [1.165, 1.54) is 49.7 Å². The van der Waals surface area contributed by atoms with E-state index >= 15 is 0 Å². The van der Waals surface area contributed by atoms with Gasteiger partial charge in [-0.3, -0.25) is 9.48 Å². The highest BCUT2D eigenvalue weighted by molar-refractivity contribution is 5.99. The summed E-state index contributed by atoms with van der Waals surface area (Å²) in [5, 5.41) is 12.8. The lowest BCUT2D eigenvalue weighted by Crippen LogP contribution is -2.13. The number of aromatic nitrogens is 4. The minimum absolute atomic E-state index is 0.0423. The Bertz CT molecular complexity index is 1500. The molecule has 0 radical (unpaired) electrons. The van der Waals surface area contributed by atoms with Gasteiger partial charge in [0, 0.05) is 49.4 Å². The minimum Gasteiger partial charge on any atom is -0.497 e. The van der Waals surface area contributed by atoms with Crippen LogP contribution in [0, 0.1) is 11.6 Å². The summed E-state index contributed by atoms with van der Waals surface area (Å²) in [5.41, 5.74) is 1.86.